The maximum atomic E-state index is 8.13. The predicted molar refractivity (Wildman–Crippen MR) is 28.0 cm³/mol. The maximum Gasteiger partial charge on any atom is 0.162 e. The van der Waals surface area contributed by atoms with Crippen molar-refractivity contribution in [1.29, 1.82) is 5.26 Å². The Labute approximate surface area is 51.9 Å². The van der Waals surface area contributed by atoms with Crippen molar-refractivity contribution in [1.82, 2.24) is 20.2 Å². The Kier molecular flexibility index (Phi) is 1.75. The summed E-state index contributed by atoms with van der Waals surface area (Å²) in [5.41, 5.74) is 0. The summed E-state index contributed by atoms with van der Waals surface area (Å²) in [7, 11) is 0. The molecule has 1 aromatic heterocycles. The molecule has 0 spiro atoms. The van der Waals surface area contributed by atoms with Crippen molar-refractivity contribution in [2.45, 2.75) is 13.0 Å². The minimum Gasteiger partial charge on any atom is -0.198 e. The van der Waals surface area contributed by atoms with Gasteiger partial charge in [0.05, 0.1) is 19.0 Å². The van der Waals surface area contributed by atoms with E-state index in [9.17, 15) is 0 Å². The molecule has 0 amide bonds. The summed E-state index contributed by atoms with van der Waals surface area (Å²) in [4.78, 5) is 1.38. The summed E-state index contributed by atoms with van der Waals surface area (Å²) in [6.45, 7) is 0.524. The SMILES string of the molecule is N#CCCn1ncnn1. The molecule has 5 heteroatoms. The molecule has 1 rings (SSSR count). The van der Waals surface area contributed by atoms with Crippen LogP contribution < -0.4 is 0 Å². The van der Waals surface area contributed by atoms with Gasteiger partial charge in [-0.05, 0) is 5.21 Å². The monoisotopic (exact) mass is 123 g/mol. The van der Waals surface area contributed by atoms with Gasteiger partial charge in [-0.15, -0.1) is 10.2 Å². The van der Waals surface area contributed by atoms with Crippen molar-refractivity contribution in [3.05, 3.63) is 6.33 Å². The molecule has 0 fully saturated rings. The smallest absolute Gasteiger partial charge is 0.162 e. The number of rotatable bonds is 2. The van der Waals surface area contributed by atoms with Gasteiger partial charge in [0.15, 0.2) is 6.33 Å². The van der Waals surface area contributed by atoms with Gasteiger partial charge >= 0.3 is 0 Å². The van der Waals surface area contributed by atoms with Gasteiger partial charge in [0.1, 0.15) is 0 Å². The van der Waals surface area contributed by atoms with Gasteiger partial charge in [-0.25, -0.2) is 0 Å². The van der Waals surface area contributed by atoms with E-state index in [4.69, 9.17) is 5.26 Å². The van der Waals surface area contributed by atoms with Gasteiger partial charge in [-0.3, -0.25) is 0 Å². The van der Waals surface area contributed by atoms with E-state index in [1.807, 2.05) is 6.07 Å². The Bertz CT molecular complexity index is 195. The van der Waals surface area contributed by atoms with Crippen LogP contribution in [-0.2, 0) is 6.54 Å². The number of hydrogen-bond acceptors (Lipinski definition) is 4. The van der Waals surface area contributed by atoms with E-state index in [0.717, 1.165) is 0 Å². The van der Waals surface area contributed by atoms with Crippen molar-refractivity contribution in [2.75, 3.05) is 0 Å². The Hall–Kier alpha value is -1.44. The van der Waals surface area contributed by atoms with Crippen LogP contribution in [0.15, 0.2) is 6.33 Å². The predicted octanol–water partition coefficient (Wildman–Crippen LogP) is -0.413. The molecule has 0 aromatic carbocycles. The van der Waals surface area contributed by atoms with Crippen LogP contribution in [0.5, 0.6) is 0 Å². The van der Waals surface area contributed by atoms with Crippen LogP contribution in [0.3, 0.4) is 0 Å². The molecule has 46 valence electrons. The number of aromatic nitrogens is 4. The van der Waals surface area contributed by atoms with Gasteiger partial charge in [0, 0.05) is 0 Å². The van der Waals surface area contributed by atoms with E-state index in [1.54, 1.807) is 0 Å². The van der Waals surface area contributed by atoms with Crippen molar-refractivity contribution in [3.8, 4) is 6.07 Å². The topological polar surface area (TPSA) is 67.4 Å². The van der Waals surface area contributed by atoms with E-state index >= 15 is 0 Å². The average molecular weight is 123 g/mol. The van der Waals surface area contributed by atoms with Crippen LogP contribution in [-0.4, -0.2) is 20.2 Å². The molecule has 0 bridgehead atoms. The molecule has 1 heterocycles. The molecular weight excluding hydrogens is 118 g/mol. The number of aryl methyl sites for hydroxylation is 1. The van der Waals surface area contributed by atoms with Gasteiger partial charge in [-0.1, -0.05) is 0 Å². The van der Waals surface area contributed by atoms with Crippen molar-refractivity contribution in [3.63, 3.8) is 0 Å². The first-order valence-electron chi connectivity index (χ1n) is 2.51. The number of tetrazole rings is 1. The zero-order chi connectivity index (χ0) is 6.53. The van der Waals surface area contributed by atoms with Crippen molar-refractivity contribution < 1.29 is 0 Å². The Morgan fingerprint density at radius 1 is 1.67 bits per heavy atom. The summed E-state index contributed by atoms with van der Waals surface area (Å²) in [6, 6.07) is 1.98. The Morgan fingerprint density at radius 2 is 2.56 bits per heavy atom. The summed E-state index contributed by atoms with van der Waals surface area (Å²) in [5, 5.41) is 18.8. The summed E-state index contributed by atoms with van der Waals surface area (Å²) in [6.07, 6.45) is 1.77. The molecule has 0 unspecified atom stereocenters. The van der Waals surface area contributed by atoms with E-state index in [1.165, 1.54) is 11.1 Å². The molecule has 5 nitrogen and oxygen atoms in total. The normalized spacial score (nSPS) is 8.78. The van der Waals surface area contributed by atoms with Crippen LogP contribution in [0.2, 0.25) is 0 Å². The summed E-state index contributed by atoms with van der Waals surface area (Å²) in [5.74, 6) is 0. The second kappa shape index (κ2) is 2.77. The van der Waals surface area contributed by atoms with E-state index in [-0.39, 0.29) is 0 Å². The van der Waals surface area contributed by atoms with Gasteiger partial charge in [0.2, 0.25) is 0 Å². The fraction of sp³-hybridized carbons (Fsp3) is 0.500. The average Bonchev–Trinajstić information content (AvgIpc) is 2.34. The molecule has 0 aliphatic rings. The minimum atomic E-state index is 0.427. The standard InChI is InChI=1S/C4H5N5/c5-2-1-3-9-7-4-6-8-9/h4H,1,3H2. The lowest BCUT2D eigenvalue weighted by molar-refractivity contribution is 0.531. The van der Waals surface area contributed by atoms with E-state index < -0.39 is 0 Å². The quantitative estimate of drug-likeness (QED) is 0.536. The van der Waals surface area contributed by atoms with E-state index in [2.05, 4.69) is 15.4 Å². The van der Waals surface area contributed by atoms with E-state index in [0.29, 0.717) is 13.0 Å². The fourth-order valence-electron chi connectivity index (χ4n) is 0.441. The van der Waals surface area contributed by atoms with Crippen molar-refractivity contribution >= 4 is 0 Å². The number of hydrogen-bond donors (Lipinski definition) is 0. The van der Waals surface area contributed by atoms with Crippen LogP contribution in [0.4, 0.5) is 0 Å². The lowest BCUT2D eigenvalue weighted by Crippen LogP contribution is -2.01. The molecule has 0 atom stereocenters. The Balaban J connectivity index is 2.41. The highest BCUT2D eigenvalue weighted by molar-refractivity contribution is 4.66. The molecule has 0 saturated heterocycles. The van der Waals surface area contributed by atoms with Gasteiger partial charge in [-0.2, -0.15) is 10.1 Å². The minimum absolute atomic E-state index is 0.427. The molecule has 0 N–H and O–H groups in total. The Morgan fingerprint density at radius 3 is 3.11 bits per heavy atom. The van der Waals surface area contributed by atoms with Crippen LogP contribution in [0.1, 0.15) is 6.42 Å². The van der Waals surface area contributed by atoms with Crippen LogP contribution in [0, 0.1) is 11.3 Å². The molecule has 0 saturated carbocycles. The summed E-state index contributed by atoms with van der Waals surface area (Å²) < 4.78 is 0. The zero-order valence-corrected chi connectivity index (χ0v) is 4.73. The highest BCUT2D eigenvalue weighted by Gasteiger charge is 1.88. The second-order valence-electron chi connectivity index (χ2n) is 1.44. The number of nitriles is 1. The number of nitrogens with zero attached hydrogens (tertiary/aromatic N) is 5. The largest absolute Gasteiger partial charge is 0.198 e. The first kappa shape index (κ1) is 5.69. The highest BCUT2D eigenvalue weighted by Crippen LogP contribution is 1.79. The third kappa shape index (κ3) is 1.49. The van der Waals surface area contributed by atoms with Crippen molar-refractivity contribution in [2.24, 2.45) is 0 Å². The molecule has 0 aliphatic heterocycles. The van der Waals surface area contributed by atoms with Crippen LogP contribution in [0.25, 0.3) is 0 Å². The second-order valence-corrected chi connectivity index (χ2v) is 1.44. The maximum absolute atomic E-state index is 8.13. The fourth-order valence-corrected chi connectivity index (χ4v) is 0.441. The molecule has 1 aromatic rings. The lowest BCUT2D eigenvalue weighted by atomic mass is 10.5. The molecule has 0 aliphatic carbocycles. The third-order valence-electron chi connectivity index (χ3n) is 0.815. The first-order valence-corrected chi connectivity index (χ1v) is 2.51. The lowest BCUT2D eigenvalue weighted by Gasteiger charge is -1.87. The zero-order valence-electron chi connectivity index (χ0n) is 4.73. The molecule has 9 heavy (non-hydrogen) atoms. The molecular formula is C4H5N5. The van der Waals surface area contributed by atoms with Gasteiger partial charge in [0.25, 0.3) is 0 Å². The highest BCUT2D eigenvalue weighted by atomic mass is 15.6. The first-order chi connectivity index (χ1) is 4.43. The molecule has 0 radical (unpaired) electrons. The van der Waals surface area contributed by atoms with Gasteiger partial charge < -0.3 is 0 Å². The third-order valence-corrected chi connectivity index (χ3v) is 0.815. The summed E-state index contributed by atoms with van der Waals surface area (Å²) >= 11 is 0. The van der Waals surface area contributed by atoms with Crippen LogP contribution >= 0.6 is 0 Å².